The second-order valence-corrected chi connectivity index (χ2v) is 6.28. The Morgan fingerprint density at radius 2 is 1.71 bits per heavy atom. The SMILES string of the molecule is CN=C(NCCCc1ccccc1)NCc1cccc(OCCCOC)c1.I. The first-order chi connectivity index (χ1) is 13.3. The van der Waals surface area contributed by atoms with Crippen LogP contribution >= 0.6 is 24.0 Å². The summed E-state index contributed by atoms with van der Waals surface area (Å²) in [6.07, 6.45) is 3.02. The summed E-state index contributed by atoms with van der Waals surface area (Å²) in [4.78, 5) is 4.29. The van der Waals surface area contributed by atoms with Crippen LogP contribution in [-0.4, -0.2) is 39.9 Å². The van der Waals surface area contributed by atoms with Gasteiger partial charge in [0, 0.05) is 40.3 Å². The number of hydrogen-bond acceptors (Lipinski definition) is 3. The van der Waals surface area contributed by atoms with Crippen LogP contribution in [0, 0.1) is 0 Å². The molecule has 0 atom stereocenters. The van der Waals surface area contributed by atoms with Gasteiger partial charge in [-0.05, 0) is 36.1 Å². The van der Waals surface area contributed by atoms with Crippen molar-refractivity contribution in [3.8, 4) is 5.75 Å². The summed E-state index contributed by atoms with van der Waals surface area (Å²) in [7, 11) is 3.50. The van der Waals surface area contributed by atoms with Crippen molar-refractivity contribution in [2.45, 2.75) is 25.8 Å². The van der Waals surface area contributed by atoms with E-state index in [1.807, 2.05) is 18.2 Å². The molecule has 0 heterocycles. The Morgan fingerprint density at radius 3 is 2.46 bits per heavy atom. The topological polar surface area (TPSA) is 54.9 Å². The molecule has 0 aliphatic carbocycles. The average Bonchev–Trinajstić information content (AvgIpc) is 2.72. The number of aryl methyl sites for hydroxylation is 1. The molecule has 2 N–H and O–H groups in total. The third-order valence-electron chi connectivity index (χ3n) is 4.12. The highest BCUT2D eigenvalue weighted by atomic mass is 127. The number of aliphatic imine (C=N–C) groups is 1. The lowest BCUT2D eigenvalue weighted by Gasteiger charge is -2.13. The Hall–Kier alpha value is -1.80. The van der Waals surface area contributed by atoms with Gasteiger partial charge in [-0.3, -0.25) is 4.99 Å². The molecule has 0 saturated heterocycles. The van der Waals surface area contributed by atoms with Crippen LogP contribution in [0.4, 0.5) is 0 Å². The molecule has 2 aromatic rings. The van der Waals surface area contributed by atoms with Gasteiger partial charge in [0.05, 0.1) is 6.61 Å². The molecule has 0 saturated carbocycles. The van der Waals surface area contributed by atoms with E-state index in [1.165, 1.54) is 5.56 Å². The molecule has 0 aliphatic rings. The van der Waals surface area contributed by atoms with E-state index in [0.29, 0.717) is 19.8 Å². The van der Waals surface area contributed by atoms with E-state index in [-0.39, 0.29) is 24.0 Å². The van der Waals surface area contributed by atoms with Gasteiger partial charge in [0.2, 0.25) is 0 Å². The standard InChI is InChI=1S/C22H31N3O2.HI/c1-23-22(24-14-7-12-19-9-4-3-5-10-19)25-18-20-11-6-13-21(17-20)27-16-8-15-26-2;/h3-6,9-11,13,17H,7-8,12,14-16,18H2,1-2H3,(H2,23,24,25);1H. The molecule has 0 aliphatic heterocycles. The maximum absolute atomic E-state index is 5.75. The maximum atomic E-state index is 5.75. The molecule has 28 heavy (non-hydrogen) atoms. The fourth-order valence-electron chi connectivity index (χ4n) is 2.69. The van der Waals surface area contributed by atoms with Crippen LogP contribution in [0.25, 0.3) is 0 Å². The summed E-state index contributed by atoms with van der Waals surface area (Å²) in [6, 6.07) is 18.7. The second-order valence-electron chi connectivity index (χ2n) is 6.28. The Balaban J connectivity index is 0.00000392. The highest BCUT2D eigenvalue weighted by molar-refractivity contribution is 14.0. The monoisotopic (exact) mass is 497 g/mol. The van der Waals surface area contributed by atoms with Gasteiger partial charge in [0.15, 0.2) is 5.96 Å². The summed E-state index contributed by atoms with van der Waals surface area (Å²) in [5.74, 6) is 1.70. The van der Waals surface area contributed by atoms with Gasteiger partial charge in [0.1, 0.15) is 5.75 Å². The van der Waals surface area contributed by atoms with Crippen molar-refractivity contribution in [2.75, 3.05) is 33.9 Å². The Labute approximate surface area is 186 Å². The minimum atomic E-state index is 0. The van der Waals surface area contributed by atoms with E-state index in [4.69, 9.17) is 9.47 Å². The summed E-state index contributed by atoms with van der Waals surface area (Å²) < 4.78 is 10.8. The van der Waals surface area contributed by atoms with Crippen molar-refractivity contribution < 1.29 is 9.47 Å². The molecule has 154 valence electrons. The molecule has 0 bridgehead atoms. The molecule has 0 spiro atoms. The van der Waals surface area contributed by atoms with Crippen molar-refractivity contribution in [1.29, 1.82) is 0 Å². The average molecular weight is 497 g/mol. The third-order valence-corrected chi connectivity index (χ3v) is 4.12. The minimum absolute atomic E-state index is 0. The van der Waals surface area contributed by atoms with E-state index in [2.05, 4.69) is 52.0 Å². The van der Waals surface area contributed by atoms with E-state index in [9.17, 15) is 0 Å². The maximum Gasteiger partial charge on any atom is 0.191 e. The number of rotatable bonds is 11. The van der Waals surface area contributed by atoms with Gasteiger partial charge in [-0.2, -0.15) is 0 Å². The van der Waals surface area contributed by atoms with Crippen LogP contribution in [0.5, 0.6) is 5.75 Å². The predicted molar refractivity (Wildman–Crippen MR) is 127 cm³/mol. The quantitative estimate of drug-likeness (QED) is 0.213. The van der Waals surface area contributed by atoms with E-state index < -0.39 is 0 Å². The van der Waals surface area contributed by atoms with Gasteiger partial charge in [-0.1, -0.05) is 42.5 Å². The van der Waals surface area contributed by atoms with Crippen LogP contribution < -0.4 is 15.4 Å². The largest absolute Gasteiger partial charge is 0.493 e. The van der Waals surface area contributed by atoms with Gasteiger partial charge in [-0.25, -0.2) is 0 Å². The highest BCUT2D eigenvalue weighted by Gasteiger charge is 2.01. The zero-order valence-electron chi connectivity index (χ0n) is 16.8. The van der Waals surface area contributed by atoms with Crippen LogP contribution in [0.15, 0.2) is 59.6 Å². The number of ether oxygens (including phenoxy) is 2. The number of guanidine groups is 1. The second kappa shape index (κ2) is 15.2. The molecule has 2 aromatic carbocycles. The normalized spacial score (nSPS) is 10.9. The first-order valence-corrected chi connectivity index (χ1v) is 9.51. The Bertz CT molecular complexity index is 680. The first-order valence-electron chi connectivity index (χ1n) is 9.51. The number of hydrogen-bond donors (Lipinski definition) is 2. The lowest BCUT2D eigenvalue weighted by Crippen LogP contribution is -2.37. The zero-order chi connectivity index (χ0) is 19.2. The molecule has 0 amide bonds. The molecule has 0 unspecified atom stereocenters. The van der Waals surface area contributed by atoms with Crippen LogP contribution in [0.3, 0.4) is 0 Å². The lowest BCUT2D eigenvalue weighted by atomic mass is 10.1. The van der Waals surface area contributed by atoms with Crippen LogP contribution in [0.2, 0.25) is 0 Å². The van der Waals surface area contributed by atoms with E-state index >= 15 is 0 Å². The number of nitrogens with one attached hydrogen (secondary N) is 2. The van der Waals surface area contributed by atoms with E-state index in [1.54, 1.807) is 14.2 Å². The fraction of sp³-hybridized carbons (Fsp3) is 0.409. The van der Waals surface area contributed by atoms with Crippen molar-refractivity contribution in [2.24, 2.45) is 4.99 Å². The van der Waals surface area contributed by atoms with Gasteiger partial charge >= 0.3 is 0 Å². The van der Waals surface area contributed by atoms with Gasteiger partial charge in [-0.15, -0.1) is 24.0 Å². The van der Waals surface area contributed by atoms with Crippen molar-refractivity contribution in [3.05, 3.63) is 65.7 Å². The van der Waals surface area contributed by atoms with Gasteiger partial charge in [0.25, 0.3) is 0 Å². The molecule has 5 nitrogen and oxygen atoms in total. The summed E-state index contributed by atoms with van der Waals surface area (Å²) in [6.45, 7) is 2.97. The number of halogens is 1. The summed E-state index contributed by atoms with van der Waals surface area (Å²) in [5, 5.41) is 6.72. The van der Waals surface area contributed by atoms with E-state index in [0.717, 1.165) is 43.1 Å². The number of nitrogens with zero attached hydrogens (tertiary/aromatic N) is 1. The Morgan fingerprint density at radius 1 is 0.929 bits per heavy atom. The third kappa shape index (κ3) is 9.94. The van der Waals surface area contributed by atoms with Crippen molar-refractivity contribution in [1.82, 2.24) is 10.6 Å². The van der Waals surface area contributed by atoms with Crippen molar-refractivity contribution >= 4 is 29.9 Å². The smallest absolute Gasteiger partial charge is 0.191 e. The Kier molecular flexibility index (Phi) is 13.1. The number of methoxy groups -OCH3 is 1. The molecular weight excluding hydrogens is 465 g/mol. The molecular formula is C22H32IN3O2. The fourth-order valence-corrected chi connectivity index (χ4v) is 2.69. The summed E-state index contributed by atoms with van der Waals surface area (Å²) >= 11 is 0. The van der Waals surface area contributed by atoms with Crippen molar-refractivity contribution in [3.63, 3.8) is 0 Å². The molecule has 0 radical (unpaired) electrons. The first kappa shape index (κ1) is 24.2. The molecule has 6 heteroatoms. The van der Waals surface area contributed by atoms with Crippen LogP contribution in [-0.2, 0) is 17.7 Å². The molecule has 0 aromatic heterocycles. The predicted octanol–water partition coefficient (Wildman–Crippen LogP) is 4.02. The van der Waals surface area contributed by atoms with Crippen LogP contribution in [0.1, 0.15) is 24.0 Å². The van der Waals surface area contributed by atoms with Gasteiger partial charge < -0.3 is 20.1 Å². The zero-order valence-corrected chi connectivity index (χ0v) is 19.1. The lowest BCUT2D eigenvalue weighted by molar-refractivity contribution is 0.172. The summed E-state index contributed by atoms with van der Waals surface area (Å²) in [5.41, 5.74) is 2.52. The number of benzene rings is 2. The molecule has 0 fully saturated rings. The minimum Gasteiger partial charge on any atom is -0.493 e. The highest BCUT2D eigenvalue weighted by Crippen LogP contribution is 2.13. The molecule has 2 rings (SSSR count).